The fourth-order valence-electron chi connectivity index (χ4n) is 3.23. The number of aliphatic imine (C=N–C) groups is 1. The molecule has 0 radical (unpaired) electrons. The van der Waals surface area contributed by atoms with E-state index < -0.39 is 0 Å². The normalized spacial score (nSPS) is 13.4. The van der Waals surface area contributed by atoms with Crippen LogP contribution in [0.2, 0.25) is 0 Å². The number of amidine groups is 1. The molecule has 146 valence electrons. The monoisotopic (exact) mass is 404 g/mol. The number of carbonyl (C=O) groups excluding carboxylic acids is 1. The Kier molecular flexibility index (Phi) is 6.06. The Hall–Kier alpha value is -2.92. The number of hydrogen-bond acceptors (Lipinski definition) is 3. The molecule has 3 aromatic carbocycles. The quantitative estimate of drug-likeness (QED) is 0.588. The van der Waals surface area contributed by atoms with Gasteiger partial charge in [-0.15, -0.1) is 0 Å². The number of thioether (sulfide) groups is 1. The van der Waals surface area contributed by atoms with Crippen molar-refractivity contribution in [2.75, 3.05) is 13.1 Å². The molecule has 0 atom stereocenters. The van der Waals surface area contributed by atoms with Crippen molar-refractivity contribution >= 4 is 22.8 Å². The molecular weight excluding hydrogens is 383 g/mol. The zero-order chi connectivity index (χ0) is 20.1. The first-order valence-electron chi connectivity index (χ1n) is 9.55. The molecule has 0 unspecified atom stereocenters. The highest BCUT2D eigenvalue weighted by Gasteiger charge is 2.24. The summed E-state index contributed by atoms with van der Waals surface area (Å²) in [6, 6.07) is 24.8. The van der Waals surface area contributed by atoms with E-state index in [0.717, 1.165) is 27.4 Å². The Balaban J connectivity index is 1.36. The highest BCUT2D eigenvalue weighted by molar-refractivity contribution is 8.13. The maximum Gasteiger partial charge on any atom is 0.233 e. The van der Waals surface area contributed by atoms with Crippen molar-refractivity contribution in [3.05, 3.63) is 95.8 Å². The van der Waals surface area contributed by atoms with Crippen molar-refractivity contribution in [3.63, 3.8) is 0 Å². The zero-order valence-electron chi connectivity index (χ0n) is 15.9. The zero-order valence-corrected chi connectivity index (χ0v) is 16.7. The van der Waals surface area contributed by atoms with Gasteiger partial charge in [-0.25, -0.2) is 4.39 Å². The van der Waals surface area contributed by atoms with E-state index >= 15 is 0 Å². The fraction of sp³-hybridized carbons (Fsp3) is 0.167. The SMILES string of the molecule is O=C(Cc1ccc(-c2ccccc2)cc1)N1CCN=C1SCc1ccc(F)cc1. The van der Waals surface area contributed by atoms with E-state index in [9.17, 15) is 9.18 Å². The van der Waals surface area contributed by atoms with Gasteiger partial charge in [0.1, 0.15) is 5.82 Å². The molecule has 1 heterocycles. The molecule has 0 bridgehead atoms. The van der Waals surface area contributed by atoms with Crippen LogP contribution < -0.4 is 0 Å². The molecule has 3 aromatic rings. The molecule has 4 rings (SSSR count). The maximum absolute atomic E-state index is 13.0. The van der Waals surface area contributed by atoms with Crippen molar-refractivity contribution in [2.45, 2.75) is 12.2 Å². The van der Waals surface area contributed by atoms with Crippen molar-refractivity contribution in [2.24, 2.45) is 4.99 Å². The van der Waals surface area contributed by atoms with E-state index in [1.807, 2.05) is 30.3 Å². The summed E-state index contributed by atoms with van der Waals surface area (Å²) in [5.74, 6) is 0.474. The van der Waals surface area contributed by atoms with Crippen LogP contribution in [0.4, 0.5) is 4.39 Å². The van der Waals surface area contributed by atoms with Crippen LogP contribution in [0.5, 0.6) is 0 Å². The van der Waals surface area contributed by atoms with Gasteiger partial charge in [-0.05, 0) is 34.4 Å². The molecule has 1 aliphatic rings. The Morgan fingerprint density at radius 2 is 1.55 bits per heavy atom. The lowest BCUT2D eigenvalue weighted by molar-refractivity contribution is -0.126. The van der Waals surface area contributed by atoms with Gasteiger partial charge >= 0.3 is 0 Å². The third-order valence-corrected chi connectivity index (χ3v) is 5.89. The summed E-state index contributed by atoms with van der Waals surface area (Å²) in [5.41, 5.74) is 4.30. The summed E-state index contributed by atoms with van der Waals surface area (Å²) >= 11 is 1.52. The van der Waals surface area contributed by atoms with Crippen LogP contribution in [0.25, 0.3) is 11.1 Å². The molecule has 0 aromatic heterocycles. The molecule has 3 nitrogen and oxygen atoms in total. The topological polar surface area (TPSA) is 32.7 Å². The predicted octanol–water partition coefficient (Wildman–Crippen LogP) is 5.17. The molecule has 1 aliphatic heterocycles. The van der Waals surface area contributed by atoms with Crippen LogP contribution >= 0.6 is 11.8 Å². The van der Waals surface area contributed by atoms with Gasteiger partial charge in [-0.1, -0.05) is 78.5 Å². The lowest BCUT2D eigenvalue weighted by Crippen LogP contribution is -2.34. The van der Waals surface area contributed by atoms with Crippen LogP contribution in [0, 0.1) is 5.82 Å². The van der Waals surface area contributed by atoms with Gasteiger partial charge in [0, 0.05) is 12.3 Å². The van der Waals surface area contributed by atoms with Gasteiger partial charge < -0.3 is 0 Å². The summed E-state index contributed by atoms with van der Waals surface area (Å²) in [4.78, 5) is 19.1. The predicted molar refractivity (Wildman–Crippen MR) is 117 cm³/mol. The maximum atomic E-state index is 13.0. The Labute approximate surface area is 174 Å². The van der Waals surface area contributed by atoms with Gasteiger partial charge in [-0.3, -0.25) is 14.7 Å². The standard InChI is InChI=1S/C24H21FN2OS/c25-22-12-8-19(9-13-22)17-29-24-26-14-15-27(24)23(28)16-18-6-10-21(11-7-18)20-4-2-1-3-5-20/h1-13H,14-17H2. The number of amides is 1. The second kappa shape index (κ2) is 9.05. The Morgan fingerprint density at radius 1 is 0.897 bits per heavy atom. The summed E-state index contributed by atoms with van der Waals surface area (Å²) in [5, 5.41) is 0.750. The first-order valence-corrected chi connectivity index (χ1v) is 10.5. The molecule has 0 N–H and O–H groups in total. The van der Waals surface area contributed by atoms with Crippen molar-refractivity contribution in [1.82, 2.24) is 4.90 Å². The summed E-state index contributed by atoms with van der Waals surface area (Å²) < 4.78 is 13.0. The lowest BCUT2D eigenvalue weighted by Gasteiger charge is -2.18. The van der Waals surface area contributed by atoms with E-state index in [1.54, 1.807) is 17.0 Å². The molecular formula is C24H21FN2OS. The van der Waals surface area contributed by atoms with E-state index in [2.05, 4.69) is 29.3 Å². The third kappa shape index (κ3) is 4.93. The summed E-state index contributed by atoms with van der Waals surface area (Å²) in [6.45, 7) is 1.25. The third-order valence-electron chi connectivity index (χ3n) is 4.80. The van der Waals surface area contributed by atoms with Crippen LogP contribution in [0.1, 0.15) is 11.1 Å². The van der Waals surface area contributed by atoms with E-state index in [-0.39, 0.29) is 11.7 Å². The smallest absolute Gasteiger partial charge is 0.233 e. The summed E-state index contributed by atoms with van der Waals surface area (Å²) in [7, 11) is 0. The number of nitrogens with zero attached hydrogens (tertiary/aromatic N) is 2. The van der Waals surface area contributed by atoms with Gasteiger partial charge in [0.05, 0.1) is 13.0 Å². The second-order valence-electron chi connectivity index (χ2n) is 6.86. The minimum Gasteiger partial charge on any atom is -0.289 e. The van der Waals surface area contributed by atoms with Gasteiger partial charge in [0.2, 0.25) is 5.91 Å². The average molecular weight is 405 g/mol. The Morgan fingerprint density at radius 3 is 2.28 bits per heavy atom. The van der Waals surface area contributed by atoms with Crippen LogP contribution in [0.3, 0.4) is 0 Å². The largest absolute Gasteiger partial charge is 0.289 e. The number of halogens is 1. The molecule has 29 heavy (non-hydrogen) atoms. The molecule has 0 fully saturated rings. The van der Waals surface area contributed by atoms with Crippen LogP contribution in [-0.2, 0) is 17.0 Å². The highest BCUT2D eigenvalue weighted by atomic mass is 32.2. The number of benzene rings is 3. The Bertz CT molecular complexity index is 1000. The molecule has 1 amide bonds. The minimum atomic E-state index is -0.243. The molecule has 0 saturated carbocycles. The van der Waals surface area contributed by atoms with Crippen LogP contribution in [-0.4, -0.2) is 29.1 Å². The second-order valence-corrected chi connectivity index (χ2v) is 7.81. The fourth-order valence-corrected chi connectivity index (χ4v) is 4.25. The number of rotatable bonds is 5. The van der Waals surface area contributed by atoms with Crippen LogP contribution in [0.15, 0.2) is 83.9 Å². The molecule has 5 heteroatoms. The first kappa shape index (κ1) is 19.4. The van der Waals surface area contributed by atoms with Gasteiger partial charge in [0.15, 0.2) is 5.17 Å². The summed E-state index contributed by atoms with van der Waals surface area (Å²) in [6.07, 6.45) is 0.352. The number of carbonyl (C=O) groups is 1. The molecule has 0 saturated heterocycles. The van der Waals surface area contributed by atoms with Crippen molar-refractivity contribution in [3.8, 4) is 11.1 Å². The van der Waals surface area contributed by atoms with E-state index in [0.29, 0.717) is 25.3 Å². The minimum absolute atomic E-state index is 0.0558. The first-order chi connectivity index (χ1) is 14.2. The number of hydrogen-bond donors (Lipinski definition) is 0. The average Bonchev–Trinajstić information content (AvgIpc) is 3.23. The van der Waals surface area contributed by atoms with Gasteiger partial charge in [-0.2, -0.15) is 0 Å². The van der Waals surface area contributed by atoms with E-state index in [1.165, 1.54) is 23.9 Å². The van der Waals surface area contributed by atoms with E-state index in [4.69, 9.17) is 0 Å². The van der Waals surface area contributed by atoms with Gasteiger partial charge in [0.25, 0.3) is 0 Å². The highest BCUT2D eigenvalue weighted by Crippen LogP contribution is 2.22. The van der Waals surface area contributed by atoms with Crippen molar-refractivity contribution in [1.29, 1.82) is 0 Å². The van der Waals surface area contributed by atoms with Crippen molar-refractivity contribution < 1.29 is 9.18 Å². The molecule has 0 aliphatic carbocycles. The lowest BCUT2D eigenvalue weighted by atomic mass is 10.0. The molecule has 0 spiro atoms.